The summed E-state index contributed by atoms with van der Waals surface area (Å²) >= 11 is 1.32. The van der Waals surface area contributed by atoms with Crippen molar-refractivity contribution in [2.75, 3.05) is 4.72 Å². The maximum absolute atomic E-state index is 13.1. The van der Waals surface area contributed by atoms with Crippen LogP contribution in [0.5, 0.6) is 0 Å². The molecule has 5 aromatic rings. The van der Waals surface area contributed by atoms with Crippen molar-refractivity contribution in [2.45, 2.75) is 49.5 Å². The average Bonchev–Trinajstić information content (AvgIpc) is 3.52. The fourth-order valence-electron chi connectivity index (χ4n) is 4.96. The van der Waals surface area contributed by atoms with Gasteiger partial charge in [0.2, 0.25) is 0 Å². The molecule has 0 amide bonds. The zero-order valence-corrected chi connectivity index (χ0v) is 26.1. The van der Waals surface area contributed by atoms with Crippen molar-refractivity contribution < 1.29 is 26.7 Å². The quantitative estimate of drug-likeness (QED) is 0.135. The molecule has 4 aromatic carbocycles. The summed E-state index contributed by atoms with van der Waals surface area (Å²) in [5.74, 6) is 0. The Hall–Kier alpha value is -4.03. The largest absolute Gasteiger partial charge is 0.416 e. The Balaban J connectivity index is 1.17. The third kappa shape index (κ3) is 8.17. The number of hydrogen-bond donors (Lipinski definition) is 3. The van der Waals surface area contributed by atoms with E-state index in [0.29, 0.717) is 33.9 Å². The summed E-state index contributed by atoms with van der Waals surface area (Å²) in [7, 11) is -3.85. The molecule has 0 bridgehead atoms. The van der Waals surface area contributed by atoms with Crippen LogP contribution in [0.3, 0.4) is 0 Å². The van der Waals surface area contributed by atoms with E-state index in [2.05, 4.69) is 15.0 Å². The van der Waals surface area contributed by atoms with Gasteiger partial charge in [0.1, 0.15) is 5.01 Å². The monoisotopic (exact) mass is 651 g/mol. The van der Waals surface area contributed by atoms with Gasteiger partial charge in [0.05, 0.1) is 22.3 Å². The molecule has 11 heteroatoms. The number of hydrogen-bond acceptors (Lipinski definition) is 6. The second kappa shape index (κ2) is 13.5. The van der Waals surface area contributed by atoms with Gasteiger partial charge in [-0.05, 0) is 67.8 Å². The molecule has 5 rings (SSSR count). The first-order valence-corrected chi connectivity index (χ1v) is 16.6. The third-order valence-electron chi connectivity index (χ3n) is 7.33. The lowest BCUT2D eigenvalue weighted by Crippen LogP contribution is -2.39. The van der Waals surface area contributed by atoms with Crippen LogP contribution in [0.1, 0.15) is 36.6 Å². The SMILES string of the molecule is CC(Cc1ccc(NS(=O)(=O)c2ccc(-c3nc(-c4ccc(C(F)(F)F)cc4)cs3)cc2)cc1)NC(C)[C@H](O)c1ccccc1. The summed E-state index contributed by atoms with van der Waals surface area (Å²) in [5, 5.41) is 16.4. The number of halogens is 3. The minimum absolute atomic E-state index is 0.0725. The van der Waals surface area contributed by atoms with Crippen molar-refractivity contribution in [3.63, 3.8) is 0 Å². The predicted molar refractivity (Wildman–Crippen MR) is 172 cm³/mol. The molecule has 234 valence electrons. The molecule has 3 atom stereocenters. The summed E-state index contributed by atoms with van der Waals surface area (Å²) in [6.45, 7) is 3.98. The smallest absolute Gasteiger partial charge is 0.387 e. The van der Waals surface area contributed by atoms with E-state index in [1.807, 2.05) is 56.3 Å². The van der Waals surface area contributed by atoms with Crippen LogP contribution in [0.4, 0.5) is 18.9 Å². The van der Waals surface area contributed by atoms with Gasteiger partial charge in [0.15, 0.2) is 0 Å². The highest BCUT2D eigenvalue weighted by atomic mass is 32.2. The number of nitrogens with one attached hydrogen (secondary N) is 2. The first kappa shape index (κ1) is 32.4. The molecule has 0 spiro atoms. The number of aromatic nitrogens is 1. The number of aliphatic hydroxyl groups excluding tert-OH is 1. The molecule has 0 aliphatic heterocycles. The number of aliphatic hydroxyl groups is 1. The highest BCUT2D eigenvalue weighted by molar-refractivity contribution is 7.92. The molecule has 1 aromatic heterocycles. The van der Waals surface area contributed by atoms with Crippen molar-refractivity contribution in [1.82, 2.24) is 10.3 Å². The molecule has 3 N–H and O–H groups in total. The van der Waals surface area contributed by atoms with Gasteiger partial charge in [0.25, 0.3) is 10.0 Å². The minimum Gasteiger partial charge on any atom is -0.387 e. The van der Waals surface area contributed by atoms with Gasteiger partial charge >= 0.3 is 6.18 Å². The molecule has 6 nitrogen and oxygen atoms in total. The van der Waals surface area contributed by atoms with E-state index >= 15 is 0 Å². The van der Waals surface area contributed by atoms with Gasteiger partial charge in [-0.25, -0.2) is 13.4 Å². The Morgan fingerprint density at radius 2 is 1.47 bits per heavy atom. The molecule has 1 heterocycles. The first-order valence-electron chi connectivity index (χ1n) is 14.2. The van der Waals surface area contributed by atoms with E-state index in [1.165, 1.54) is 35.6 Å². The van der Waals surface area contributed by atoms with E-state index in [-0.39, 0.29) is 17.0 Å². The number of anilines is 1. The first-order chi connectivity index (χ1) is 21.4. The van der Waals surface area contributed by atoms with Crippen LogP contribution in [0.25, 0.3) is 21.8 Å². The standard InChI is InChI=1S/C34H32F3N3O3S2/c1-22(38-23(2)32(41)26-6-4-3-5-7-26)20-24-8-16-29(17-9-24)40-45(42,43)30-18-12-27(13-19-30)33-39-31(21-44-33)25-10-14-28(15-11-25)34(35,36)37/h3-19,21-23,32,38,40-41H,20H2,1-2H3/t22?,23?,32-/m0/s1. The van der Waals surface area contributed by atoms with Crippen molar-refractivity contribution >= 4 is 27.0 Å². The molecule has 0 saturated carbocycles. The molecule has 45 heavy (non-hydrogen) atoms. The van der Waals surface area contributed by atoms with Crippen molar-refractivity contribution in [2.24, 2.45) is 0 Å². The van der Waals surface area contributed by atoms with Gasteiger partial charge in [-0.3, -0.25) is 4.72 Å². The Kier molecular flexibility index (Phi) is 9.73. The van der Waals surface area contributed by atoms with Crippen LogP contribution in [0.2, 0.25) is 0 Å². The van der Waals surface area contributed by atoms with Crippen LogP contribution < -0.4 is 10.0 Å². The normalized spacial score (nSPS) is 14.1. The maximum atomic E-state index is 13.1. The van der Waals surface area contributed by atoms with Gasteiger partial charge in [-0.15, -0.1) is 11.3 Å². The van der Waals surface area contributed by atoms with Crippen molar-refractivity contribution in [3.8, 4) is 21.8 Å². The fraction of sp³-hybridized carbons (Fsp3) is 0.206. The number of benzene rings is 4. The minimum atomic E-state index is -4.41. The third-order valence-corrected chi connectivity index (χ3v) is 9.62. The molecule has 0 aliphatic carbocycles. The molecule has 2 unspecified atom stereocenters. The Morgan fingerprint density at radius 1 is 0.844 bits per heavy atom. The number of thiazole rings is 1. The topological polar surface area (TPSA) is 91.3 Å². The van der Waals surface area contributed by atoms with Crippen LogP contribution in [0.15, 0.2) is 113 Å². The second-order valence-electron chi connectivity index (χ2n) is 10.9. The van der Waals surface area contributed by atoms with Crippen LogP contribution in [0, 0.1) is 0 Å². The second-order valence-corrected chi connectivity index (χ2v) is 13.4. The van der Waals surface area contributed by atoms with Crippen molar-refractivity contribution in [3.05, 3.63) is 125 Å². The summed E-state index contributed by atoms with van der Waals surface area (Å²) in [6.07, 6.45) is -4.35. The zero-order chi connectivity index (χ0) is 32.2. The van der Waals surface area contributed by atoms with Crippen LogP contribution in [-0.2, 0) is 22.6 Å². The number of alkyl halides is 3. The van der Waals surface area contributed by atoms with Gasteiger partial charge in [-0.1, -0.05) is 66.7 Å². The number of sulfonamides is 1. The number of rotatable bonds is 11. The van der Waals surface area contributed by atoms with E-state index in [9.17, 15) is 26.7 Å². The van der Waals surface area contributed by atoms with E-state index in [4.69, 9.17) is 0 Å². The lowest BCUT2D eigenvalue weighted by molar-refractivity contribution is -0.137. The van der Waals surface area contributed by atoms with E-state index in [1.54, 1.807) is 29.6 Å². The Morgan fingerprint density at radius 3 is 2.09 bits per heavy atom. The molecular formula is C34H32F3N3O3S2. The molecular weight excluding hydrogens is 620 g/mol. The van der Waals surface area contributed by atoms with E-state index < -0.39 is 27.9 Å². The highest BCUT2D eigenvalue weighted by Crippen LogP contribution is 2.33. The predicted octanol–water partition coefficient (Wildman–Crippen LogP) is 7.94. The van der Waals surface area contributed by atoms with E-state index in [0.717, 1.165) is 23.3 Å². The van der Waals surface area contributed by atoms with Crippen molar-refractivity contribution in [1.29, 1.82) is 0 Å². The highest BCUT2D eigenvalue weighted by Gasteiger charge is 2.30. The van der Waals surface area contributed by atoms with Crippen LogP contribution in [-0.4, -0.2) is 30.6 Å². The zero-order valence-electron chi connectivity index (χ0n) is 24.5. The maximum Gasteiger partial charge on any atom is 0.416 e. The Bertz CT molecular complexity index is 1810. The van der Waals surface area contributed by atoms with Crippen LogP contribution >= 0.6 is 11.3 Å². The molecule has 0 aliphatic rings. The fourth-order valence-corrected chi connectivity index (χ4v) is 6.85. The lowest BCUT2D eigenvalue weighted by atomic mass is 10.0. The molecule has 0 fully saturated rings. The van der Waals surface area contributed by atoms with Gasteiger partial charge in [0, 0.05) is 34.3 Å². The molecule has 0 radical (unpaired) electrons. The Labute approximate surface area is 264 Å². The lowest BCUT2D eigenvalue weighted by Gasteiger charge is -2.25. The van der Waals surface area contributed by atoms with Gasteiger partial charge < -0.3 is 10.4 Å². The molecule has 0 saturated heterocycles. The average molecular weight is 652 g/mol. The number of nitrogens with zero attached hydrogens (tertiary/aromatic N) is 1. The summed E-state index contributed by atoms with van der Waals surface area (Å²) < 4.78 is 67.4. The summed E-state index contributed by atoms with van der Waals surface area (Å²) in [6, 6.07) is 27.7. The summed E-state index contributed by atoms with van der Waals surface area (Å²) in [4.78, 5) is 4.61. The van der Waals surface area contributed by atoms with Gasteiger partial charge in [-0.2, -0.15) is 13.2 Å². The summed E-state index contributed by atoms with van der Waals surface area (Å²) in [5.41, 5.74) is 3.35.